The van der Waals surface area contributed by atoms with E-state index in [-0.39, 0.29) is 24.4 Å². The average molecular weight is 412 g/mol. The summed E-state index contributed by atoms with van der Waals surface area (Å²) >= 11 is 1.61. The Balaban J connectivity index is 1.49. The molecule has 0 bridgehead atoms. The molecule has 1 aromatic heterocycles. The molecule has 2 atom stereocenters. The Kier molecular flexibility index (Phi) is 5.41. The zero-order chi connectivity index (χ0) is 20.4. The second kappa shape index (κ2) is 7.99. The molecule has 1 aliphatic heterocycles. The van der Waals surface area contributed by atoms with Crippen LogP contribution < -0.4 is 10.6 Å². The Morgan fingerprint density at radius 1 is 1.28 bits per heavy atom. The summed E-state index contributed by atoms with van der Waals surface area (Å²) < 4.78 is 0. The fourth-order valence-electron chi connectivity index (χ4n) is 4.36. The fourth-order valence-corrected chi connectivity index (χ4v) is 5.36. The minimum atomic E-state index is -1.01. The molecule has 2 N–H and O–H groups in total. The van der Waals surface area contributed by atoms with Crippen molar-refractivity contribution in [2.24, 2.45) is 0 Å². The largest absolute Gasteiger partial charge is 0.348 e. The number of carbonyl (C=O) groups excluding carboxylic acids is 3. The normalized spacial score (nSPS) is 21.8. The summed E-state index contributed by atoms with van der Waals surface area (Å²) in [4.78, 5) is 40.8. The molecule has 0 unspecified atom stereocenters. The third-order valence-electron chi connectivity index (χ3n) is 5.75. The van der Waals surface area contributed by atoms with Crippen LogP contribution in [0.3, 0.4) is 0 Å². The molecule has 4 rings (SSSR count). The predicted octanol–water partition coefficient (Wildman–Crippen LogP) is 3.49. The molecule has 2 aromatic rings. The number of thiophene rings is 1. The lowest BCUT2D eigenvalue weighted by Gasteiger charge is -2.31. The van der Waals surface area contributed by atoms with Gasteiger partial charge >= 0.3 is 6.03 Å². The summed E-state index contributed by atoms with van der Waals surface area (Å²) in [5, 5.41) is 7.85. The zero-order valence-electron chi connectivity index (χ0n) is 16.4. The number of benzene rings is 1. The van der Waals surface area contributed by atoms with Gasteiger partial charge in [-0.3, -0.25) is 14.5 Å². The number of aryl methyl sites for hydroxylation is 1. The summed E-state index contributed by atoms with van der Waals surface area (Å²) in [6.45, 7) is 1.80. The lowest BCUT2D eigenvalue weighted by atomic mass is 9.80. The molecule has 0 saturated carbocycles. The molecular weight excluding hydrogens is 386 g/mol. The van der Waals surface area contributed by atoms with E-state index in [9.17, 15) is 14.4 Å². The molecule has 152 valence electrons. The van der Waals surface area contributed by atoms with E-state index in [0.717, 1.165) is 46.6 Å². The van der Waals surface area contributed by atoms with Crippen LogP contribution in [0.5, 0.6) is 0 Å². The van der Waals surface area contributed by atoms with Gasteiger partial charge in [0.05, 0.1) is 6.04 Å². The van der Waals surface area contributed by atoms with Crippen LogP contribution in [0.1, 0.15) is 54.7 Å². The van der Waals surface area contributed by atoms with Gasteiger partial charge in [0.15, 0.2) is 0 Å². The molecule has 1 saturated heterocycles. The van der Waals surface area contributed by atoms with Crippen LogP contribution in [-0.2, 0) is 21.5 Å². The Hall–Kier alpha value is -2.67. The van der Waals surface area contributed by atoms with Crippen molar-refractivity contribution in [3.8, 4) is 0 Å². The number of nitrogens with one attached hydrogen (secondary N) is 2. The number of carbonyl (C=O) groups is 3. The molecule has 1 aromatic carbocycles. The van der Waals surface area contributed by atoms with E-state index < -0.39 is 11.6 Å². The molecule has 4 amide bonds. The minimum absolute atomic E-state index is 0.137. The third kappa shape index (κ3) is 3.55. The number of hydrogen-bond acceptors (Lipinski definition) is 4. The standard InChI is InChI=1S/C22H25N3O3S/c1-2-7-17(15-8-4-3-5-9-15)23-19(26)14-25-20(27)22(24-21(25)28)12-6-10-18-16(22)11-13-29-18/h3-5,8-9,11,13,17H,2,6-7,10,12,14H2,1H3,(H,23,26)(H,24,28)/t17-,22-/m0/s1. The van der Waals surface area contributed by atoms with Crippen molar-refractivity contribution in [1.82, 2.24) is 15.5 Å². The lowest BCUT2D eigenvalue weighted by molar-refractivity contribution is -0.135. The van der Waals surface area contributed by atoms with Crippen LogP contribution in [0.4, 0.5) is 4.79 Å². The van der Waals surface area contributed by atoms with Crippen LogP contribution in [-0.4, -0.2) is 29.3 Å². The SMILES string of the molecule is CCC[C@H](NC(=O)CN1C(=O)N[C@]2(CCCc3sccc32)C1=O)c1ccccc1. The maximum Gasteiger partial charge on any atom is 0.325 e. The smallest absolute Gasteiger partial charge is 0.325 e. The van der Waals surface area contributed by atoms with E-state index in [0.29, 0.717) is 6.42 Å². The van der Waals surface area contributed by atoms with E-state index in [1.807, 2.05) is 41.8 Å². The Morgan fingerprint density at radius 2 is 2.07 bits per heavy atom. The molecule has 1 spiro atoms. The van der Waals surface area contributed by atoms with E-state index in [2.05, 4.69) is 17.6 Å². The summed E-state index contributed by atoms with van der Waals surface area (Å²) in [6, 6.07) is 11.1. The number of nitrogens with zero attached hydrogens (tertiary/aromatic N) is 1. The highest BCUT2D eigenvalue weighted by molar-refractivity contribution is 7.10. The number of amides is 4. The van der Waals surface area contributed by atoms with Crippen LogP contribution in [0, 0.1) is 0 Å². The van der Waals surface area contributed by atoms with Gasteiger partial charge in [0, 0.05) is 10.4 Å². The monoisotopic (exact) mass is 411 g/mol. The van der Waals surface area contributed by atoms with Crippen molar-refractivity contribution in [3.05, 3.63) is 57.8 Å². The highest BCUT2D eigenvalue weighted by Crippen LogP contribution is 2.42. The zero-order valence-corrected chi connectivity index (χ0v) is 17.3. The molecule has 29 heavy (non-hydrogen) atoms. The van der Waals surface area contributed by atoms with Gasteiger partial charge in [-0.2, -0.15) is 0 Å². The van der Waals surface area contributed by atoms with Gasteiger partial charge in [-0.05, 0) is 42.7 Å². The summed E-state index contributed by atoms with van der Waals surface area (Å²) in [5.74, 6) is -0.641. The van der Waals surface area contributed by atoms with Crippen LogP contribution in [0.25, 0.3) is 0 Å². The Morgan fingerprint density at radius 3 is 2.83 bits per heavy atom. The number of fused-ring (bicyclic) bond motifs is 2. The third-order valence-corrected chi connectivity index (χ3v) is 6.73. The van der Waals surface area contributed by atoms with Gasteiger partial charge < -0.3 is 10.6 Å². The van der Waals surface area contributed by atoms with Crippen molar-refractivity contribution in [3.63, 3.8) is 0 Å². The number of hydrogen-bond donors (Lipinski definition) is 2. The van der Waals surface area contributed by atoms with Gasteiger partial charge in [-0.15, -0.1) is 11.3 Å². The first-order chi connectivity index (χ1) is 14.0. The highest BCUT2D eigenvalue weighted by Gasteiger charge is 2.54. The first-order valence-electron chi connectivity index (χ1n) is 10.1. The predicted molar refractivity (Wildman–Crippen MR) is 111 cm³/mol. The minimum Gasteiger partial charge on any atom is -0.348 e. The fraction of sp³-hybridized carbons (Fsp3) is 0.409. The molecule has 2 aliphatic rings. The molecule has 0 radical (unpaired) electrons. The topological polar surface area (TPSA) is 78.5 Å². The molecular formula is C22H25N3O3S. The maximum absolute atomic E-state index is 13.2. The van der Waals surface area contributed by atoms with Crippen LogP contribution in [0.15, 0.2) is 41.8 Å². The first-order valence-corrected chi connectivity index (χ1v) is 11.0. The van der Waals surface area contributed by atoms with Crippen molar-refractivity contribution in [1.29, 1.82) is 0 Å². The van der Waals surface area contributed by atoms with Crippen molar-refractivity contribution in [2.75, 3.05) is 6.54 Å². The van der Waals surface area contributed by atoms with Crippen molar-refractivity contribution >= 4 is 29.2 Å². The van der Waals surface area contributed by atoms with E-state index in [4.69, 9.17) is 0 Å². The number of imide groups is 1. The second-order valence-corrected chi connectivity index (χ2v) is 8.66. The van der Waals surface area contributed by atoms with Gasteiger partial charge in [-0.25, -0.2) is 4.79 Å². The summed E-state index contributed by atoms with van der Waals surface area (Å²) in [5.41, 5.74) is 0.905. The maximum atomic E-state index is 13.2. The Bertz CT molecular complexity index is 926. The van der Waals surface area contributed by atoms with Gasteiger partial charge in [0.2, 0.25) is 5.91 Å². The van der Waals surface area contributed by atoms with E-state index in [1.54, 1.807) is 11.3 Å². The molecule has 6 nitrogen and oxygen atoms in total. The van der Waals surface area contributed by atoms with Gasteiger partial charge in [0.25, 0.3) is 5.91 Å². The second-order valence-electron chi connectivity index (χ2n) is 7.66. The van der Waals surface area contributed by atoms with Gasteiger partial charge in [-0.1, -0.05) is 43.7 Å². The first kappa shape index (κ1) is 19.6. The van der Waals surface area contributed by atoms with E-state index >= 15 is 0 Å². The number of urea groups is 1. The average Bonchev–Trinajstić information content (AvgIpc) is 3.29. The Labute approximate surface area is 174 Å². The van der Waals surface area contributed by atoms with E-state index in [1.165, 1.54) is 0 Å². The van der Waals surface area contributed by atoms with Crippen molar-refractivity contribution in [2.45, 2.75) is 50.6 Å². The molecule has 1 aliphatic carbocycles. The summed E-state index contributed by atoms with van der Waals surface area (Å²) in [7, 11) is 0. The highest BCUT2D eigenvalue weighted by atomic mass is 32.1. The van der Waals surface area contributed by atoms with Crippen molar-refractivity contribution < 1.29 is 14.4 Å². The van der Waals surface area contributed by atoms with Gasteiger partial charge in [0.1, 0.15) is 12.1 Å². The lowest BCUT2D eigenvalue weighted by Crippen LogP contribution is -2.47. The number of rotatable bonds is 6. The quantitative estimate of drug-likeness (QED) is 0.714. The molecule has 7 heteroatoms. The molecule has 2 heterocycles. The molecule has 1 fully saturated rings. The van der Waals surface area contributed by atoms with Crippen LogP contribution >= 0.6 is 11.3 Å². The summed E-state index contributed by atoms with van der Waals surface area (Å²) in [6.07, 6.45) is 4.04. The van der Waals surface area contributed by atoms with Crippen LogP contribution in [0.2, 0.25) is 0 Å².